The van der Waals surface area contributed by atoms with E-state index in [2.05, 4.69) is 10.6 Å². The van der Waals surface area contributed by atoms with E-state index >= 15 is 0 Å². The van der Waals surface area contributed by atoms with Crippen molar-refractivity contribution in [3.63, 3.8) is 0 Å². The molecule has 0 aromatic heterocycles. The van der Waals surface area contributed by atoms with E-state index in [4.69, 9.17) is 0 Å². The van der Waals surface area contributed by atoms with Gasteiger partial charge in [0.25, 0.3) is 0 Å². The van der Waals surface area contributed by atoms with E-state index in [9.17, 15) is 14.0 Å². The largest absolute Gasteiger partial charge is 0.354 e. The van der Waals surface area contributed by atoms with Gasteiger partial charge in [0.15, 0.2) is 0 Å². The Morgan fingerprint density at radius 2 is 1.73 bits per heavy atom. The maximum Gasteiger partial charge on any atom is 0.247 e. The number of hydrogen-bond acceptors (Lipinski definition) is 2. The van der Waals surface area contributed by atoms with Crippen LogP contribution >= 0.6 is 0 Å². The first-order valence-corrected chi connectivity index (χ1v) is 7.32. The molecule has 2 amide bonds. The molecule has 1 atom stereocenters. The Hall–Kier alpha value is -2.17. The summed E-state index contributed by atoms with van der Waals surface area (Å²) in [6.07, 6.45) is 1.91. The van der Waals surface area contributed by atoms with Crippen LogP contribution in [0.4, 0.5) is 4.39 Å². The second kappa shape index (κ2) is 8.32. The molecule has 1 aromatic rings. The number of carbonyl (C=O) groups excluding carboxylic acids is 2. The Morgan fingerprint density at radius 1 is 1.14 bits per heavy atom. The van der Waals surface area contributed by atoms with E-state index in [1.54, 1.807) is 32.1 Å². The van der Waals surface area contributed by atoms with E-state index in [1.807, 2.05) is 13.8 Å². The van der Waals surface area contributed by atoms with Crippen LogP contribution in [0.2, 0.25) is 0 Å². The number of halogens is 1. The Morgan fingerprint density at radius 3 is 2.27 bits per heavy atom. The average molecular weight is 306 g/mol. The van der Waals surface area contributed by atoms with Gasteiger partial charge in [-0.2, -0.15) is 0 Å². The quantitative estimate of drug-likeness (QED) is 0.794. The van der Waals surface area contributed by atoms with Crippen molar-refractivity contribution in [1.29, 1.82) is 0 Å². The molecule has 0 aliphatic heterocycles. The fraction of sp³-hybridized carbons (Fsp3) is 0.412. The summed E-state index contributed by atoms with van der Waals surface area (Å²) in [4.78, 5) is 23.7. The number of hydrogen-bond donors (Lipinski definition) is 2. The maximum atomic E-state index is 12.8. The van der Waals surface area contributed by atoms with Crippen molar-refractivity contribution < 1.29 is 14.0 Å². The second-order valence-corrected chi connectivity index (χ2v) is 5.68. The molecular formula is C17H23FN2O2. The zero-order chi connectivity index (χ0) is 16.7. The lowest BCUT2D eigenvalue weighted by molar-refractivity contribution is -0.122. The zero-order valence-electron chi connectivity index (χ0n) is 13.4. The molecule has 0 aliphatic carbocycles. The lowest BCUT2D eigenvalue weighted by Gasteiger charge is -2.15. The fourth-order valence-electron chi connectivity index (χ4n) is 1.92. The molecule has 5 heteroatoms. The van der Waals surface area contributed by atoms with Crippen molar-refractivity contribution >= 4 is 17.9 Å². The van der Waals surface area contributed by atoms with Gasteiger partial charge in [-0.1, -0.05) is 12.1 Å². The first-order chi connectivity index (χ1) is 10.3. The van der Waals surface area contributed by atoms with Crippen molar-refractivity contribution in [2.24, 2.45) is 0 Å². The summed E-state index contributed by atoms with van der Waals surface area (Å²) in [6, 6.07) is 5.71. The minimum absolute atomic E-state index is 0.0792. The molecule has 0 heterocycles. The van der Waals surface area contributed by atoms with Gasteiger partial charge in [-0.25, -0.2) is 4.39 Å². The molecule has 120 valence electrons. The highest BCUT2D eigenvalue weighted by atomic mass is 19.1. The van der Waals surface area contributed by atoms with Crippen molar-refractivity contribution in [3.05, 3.63) is 41.2 Å². The molecule has 1 aromatic carbocycles. The molecule has 0 spiro atoms. The fourth-order valence-corrected chi connectivity index (χ4v) is 1.92. The van der Waals surface area contributed by atoms with Crippen molar-refractivity contribution in [3.8, 4) is 0 Å². The van der Waals surface area contributed by atoms with Crippen LogP contribution < -0.4 is 10.6 Å². The second-order valence-electron chi connectivity index (χ2n) is 5.68. The molecule has 0 saturated heterocycles. The summed E-state index contributed by atoms with van der Waals surface area (Å²) < 4.78 is 12.8. The van der Waals surface area contributed by atoms with Crippen LogP contribution in [-0.4, -0.2) is 23.9 Å². The molecule has 0 saturated carbocycles. The van der Waals surface area contributed by atoms with Crippen LogP contribution in [0.1, 0.15) is 39.7 Å². The van der Waals surface area contributed by atoms with Crippen molar-refractivity contribution in [2.75, 3.05) is 0 Å². The number of amides is 2. The number of carbonyl (C=O) groups is 2. The van der Waals surface area contributed by atoms with Gasteiger partial charge >= 0.3 is 0 Å². The van der Waals surface area contributed by atoms with E-state index in [0.29, 0.717) is 5.57 Å². The third-order valence-electron chi connectivity index (χ3n) is 2.93. The highest BCUT2D eigenvalue weighted by molar-refractivity contribution is 5.97. The highest BCUT2D eigenvalue weighted by Crippen LogP contribution is 2.08. The molecule has 4 nitrogen and oxygen atoms in total. The molecule has 1 unspecified atom stereocenters. The van der Waals surface area contributed by atoms with E-state index in [1.165, 1.54) is 12.1 Å². The van der Waals surface area contributed by atoms with Gasteiger partial charge in [-0.3, -0.25) is 9.59 Å². The predicted molar refractivity (Wildman–Crippen MR) is 85.6 cm³/mol. The minimum Gasteiger partial charge on any atom is -0.354 e. The molecular weight excluding hydrogens is 283 g/mol. The smallest absolute Gasteiger partial charge is 0.247 e. The Kier molecular flexibility index (Phi) is 6.76. The summed E-state index contributed by atoms with van der Waals surface area (Å²) in [7, 11) is 0. The van der Waals surface area contributed by atoms with Gasteiger partial charge < -0.3 is 10.6 Å². The molecule has 0 radical (unpaired) electrons. The molecule has 0 bridgehead atoms. The lowest BCUT2D eigenvalue weighted by atomic mass is 10.1. The summed E-state index contributed by atoms with van der Waals surface area (Å²) in [5.74, 6) is -0.652. The summed E-state index contributed by atoms with van der Waals surface area (Å²) in [5, 5.41) is 5.55. The number of rotatable bonds is 6. The third kappa shape index (κ3) is 6.52. The van der Waals surface area contributed by atoms with Crippen LogP contribution in [0.25, 0.3) is 6.08 Å². The average Bonchev–Trinajstić information content (AvgIpc) is 2.39. The summed E-state index contributed by atoms with van der Waals surface area (Å²) in [5.41, 5.74) is 1.25. The molecule has 1 rings (SSSR count). The molecule has 0 fully saturated rings. The standard InChI is InChI=1S/C17H23FN2O2/c1-11(2)19-16(21)10-13(4)20-17(22)12(3)9-14-5-7-15(18)8-6-14/h5-9,11,13H,10H2,1-4H3,(H,19,21)(H,20,22). The third-order valence-corrected chi connectivity index (χ3v) is 2.93. The predicted octanol–water partition coefficient (Wildman–Crippen LogP) is 2.65. The SMILES string of the molecule is CC(=Cc1ccc(F)cc1)C(=O)NC(C)CC(=O)NC(C)C. The first-order valence-electron chi connectivity index (χ1n) is 7.32. The van der Waals surface area contributed by atoms with Crippen molar-refractivity contribution in [1.82, 2.24) is 10.6 Å². The van der Waals surface area contributed by atoms with E-state index < -0.39 is 0 Å². The van der Waals surface area contributed by atoms with Gasteiger partial charge in [0.05, 0.1) is 0 Å². The number of benzene rings is 1. The summed E-state index contributed by atoms with van der Waals surface area (Å²) >= 11 is 0. The molecule has 22 heavy (non-hydrogen) atoms. The van der Waals surface area contributed by atoms with E-state index in [-0.39, 0.29) is 36.1 Å². The molecule has 2 N–H and O–H groups in total. The van der Waals surface area contributed by atoms with Crippen LogP contribution in [0, 0.1) is 5.82 Å². The normalized spacial score (nSPS) is 12.9. The van der Waals surface area contributed by atoms with Gasteiger partial charge in [0.1, 0.15) is 5.82 Å². The van der Waals surface area contributed by atoms with Crippen LogP contribution in [0.15, 0.2) is 29.8 Å². The minimum atomic E-state index is -0.316. The first kappa shape index (κ1) is 17.9. The Balaban J connectivity index is 2.56. The number of nitrogens with one attached hydrogen (secondary N) is 2. The Labute approximate surface area is 130 Å². The maximum absolute atomic E-state index is 12.8. The van der Waals surface area contributed by atoms with Crippen LogP contribution in [0.5, 0.6) is 0 Å². The lowest BCUT2D eigenvalue weighted by Crippen LogP contribution is -2.39. The monoisotopic (exact) mass is 306 g/mol. The van der Waals surface area contributed by atoms with Gasteiger partial charge in [-0.15, -0.1) is 0 Å². The molecule has 0 aliphatic rings. The van der Waals surface area contributed by atoms with Gasteiger partial charge in [0.2, 0.25) is 11.8 Å². The topological polar surface area (TPSA) is 58.2 Å². The van der Waals surface area contributed by atoms with Gasteiger partial charge in [-0.05, 0) is 51.5 Å². The highest BCUT2D eigenvalue weighted by Gasteiger charge is 2.13. The Bertz CT molecular complexity index is 550. The van der Waals surface area contributed by atoms with Crippen LogP contribution in [-0.2, 0) is 9.59 Å². The van der Waals surface area contributed by atoms with Gasteiger partial charge in [0, 0.05) is 24.1 Å². The summed E-state index contributed by atoms with van der Waals surface area (Å²) in [6.45, 7) is 7.23. The van der Waals surface area contributed by atoms with E-state index in [0.717, 1.165) is 5.56 Å². The van der Waals surface area contributed by atoms with Crippen molar-refractivity contribution in [2.45, 2.75) is 46.2 Å². The zero-order valence-corrected chi connectivity index (χ0v) is 13.4. The van der Waals surface area contributed by atoms with Crippen LogP contribution in [0.3, 0.4) is 0 Å².